The van der Waals surface area contributed by atoms with Crippen molar-refractivity contribution in [2.45, 2.75) is 10.6 Å². The maximum absolute atomic E-state index is 12.9. The van der Waals surface area contributed by atoms with Crippen molar-refractivity contribution in [2.75, 3.05) is 5.73 Å². The summed E-state index contributed by atoms with van der Waals surface area (Å²) in [6, 6.07) is 4.89. The topological polar surface area (TPSA) is 73.1 Å². The van der Waals surface area contributed by atoms with Gasteiger partial charge in [0.05, 0.1) is 16.3 Å². The molecular formula is C12H10BrFN2O2S. The minimum atomic E-state index is -3.63. The smallest absolute Gasteiger partial charge is 0.184 e. The standard InChI is InChI=1S/C12H10BrFN2O2S/c13-9-3-8(5-16-6-9)7-19(17,18)12-2-1-10(14)4-11(12)15/h1-6H,7,15H2. The number of nitrogens with zero attached hydrogens (tertiary/aromatic N) is 1. The number of pyridine rings is 1. The van der Waals surface area contributed by atoms with E-state index >= 15 is 0 Å². The van der Waals surface area contributed by atoms with Crippen LogP contribution in [0.5, 0.6) is 0 Å². The van der Waals surface area contributed by atoms with E-state index in [1.165, 1.54) is 12.3 Å². The number of anilines is 1. The zero-order chi connectivity index (χ0) is 14.0. The monoisotopic (exact) mass is 344 g/mol. The average Bonchev–Trinajstić information content (AvgIpc) is 2.27. The van der Waals surface area contributed by atoms with Gasteiger partial charge in [-0.05, 0) is 45.8 Å². The maximum Gasteiger partial charge on any atom is 0.184 e. The fourth-order valence-electron chi connectivity index (χ4n) is 1.63. The van der Waals surface area contributed by atoms with Gasteiger partial charge in [0, 0.05) is 16.9 Å². The largest absolute Gasteiger partial charge is 0.398 e. The molecule has 0 bridgehead atoms. The van der Waals surface area contributed by atoms with Crippen molar-refractivity contribution in [1.82, 2.24) is 4.98 Å². The summed E-state index contributed by atoms with van der Waals surface area (Å²) in [4.78, 5) is 3.82. The first-order valence-corrected chi connectivity index (χ1v) is 7.70. The third-order valence-corrected chi connectivity index (χ3v) is 4.61. The molecule has 0 atom stereocenters. The number of sulfone groups is 1. The van der Waals surface area contributed by atoms with Crippen LogP contribution in [0.3, 0.4) is 0 Å². The first-order valence-electron chi connectivity index (χ1n) is 5.26. The van der Waals surface area contributed by atoms with Crippen LogP contribution in [0.2, 0.25) is 0 Å². The normalized spacial score (nSPS) is 11.5. The van der Waals surface area contributed by atoms with Gasteiger partial charge in [-0.3, -0.25) is 4.98 Å². The van der Waals surface area contributed by atoms with E-state index in [0.717, 1.165) is 12.1 Å². The van der Waals surface area contributed by atoms with Gasteiger partial charge in [-0.15, -0.1) is 0 Å². The molecule has 0 amide bonds. The SMILES string of the molecule is Nc1cc(F)ccc1S(=O)(=O)Cc1cncc(Br)c1. The zero-order valence-corrected chi connectivity index (χ0v) is 12.1. The van der Waals surface area contributed by atoms with Gasteiger partial charge in [0.15, 0.2) is 9.84 Å². The van der Waals surface area contributed by atoms with E-state index in [2.05, 4.69) is 20.9 Å². The highest BCUT2D eigenvalue weighted by Gasteiger charge is 2.19. The second-order valence-corrected chi connectivity index (χ2v) is 6.83. The lowest BCUT2D eigenvalue weighted by atomic mass is 10.3. The first-order chi connectivity index (χ1) is 8.88. The second-order valence-electron chi connectivity index (χ2n) is 3.95. The van der Waals surface area contributed by atoms with Gasteiger partial charge in [-0.1, -0.05) is 0 Å². The molecule has 1 aromatic carbocycles. The van der Waals surface area contributed by atoms with Gasteiger partial charge in [0.25, 0.3) is 0 Å². The Balaban J connectivity index is 2.38. The molecular weight excluding hydrogens is 335 g/mol. The van der Waals surface area contributed by atoms with Crippen LogP contribution in [-0.2, 0) is 15.6 Å². The molecule has 0 unspecified atom stereocenters. The molecule has 4 nitrogen and oxygen atoms in total. The highest BCUT2D eigenvalue weighted by atomic mass is 79.9. The highest BCUT2D eigenvalue weighted by molar-refractivity contribution is 9.10. The zero-order valence-electron chi connectivity index (χ0n) is 9.68. The van der Waals surface area contributed by atoms with Gasteiger partial charge in [0.2, 0.25) is 0 Å². The molecule has 100 valence electrons. The third-order valence-electron chi connectivity index (χ3n) is 2.43. The number of halogens is 2. The number of nitrogen functional groups attached to an aromatic ring is 1. The summed E-state index contributed by atoms with van der Waals surface area (Å²) in [5, 5.41) is 0. The van der Waals surface area contributed by atoms with E-state index in [9.17, 15) is 12.8 Å². The van der Waals surface area contributed by atoms with Crippen LogP contribution < -0.4 is 5.73 Å². The number of nitrogens with two attached hydrogens (primary N) is 1. The van der Waals surface area contributed by atoms with Gasteiger partial charge >= 0.3 is 0 Å². The second kappa shape index (κ2) is 5.26. The summed E-state index contributed by atoms with van der Waals surface area (Å²) in [5.41, 5.74) is 5.98. The summed E-state index contributed by atoms with van der Waals surface area (Å²) in [6.45, 7) is 0. The Hall–Kier alpha value is -1.47. The van der Waals surface area contributed by atoms with Gasteiger partial charge in [-0.25, -0.2) is 12.8 Å². The fraction of sp³-hybridized carbons (Fsp3) is 0.0833. The van der Waals surface area contributed by atoms with E-state index in [1.807, 2.05) is 0 Å². The fourth-order valence-corrected chi connectivity index (χ4v) is 3.49. The van der Waals surface area contributed by atoms with Crippen LogP contribution in [-0.4, -0.2) is 13.4 Å². The first kappa shape index (κ1) is 14.0. The Kier molecular flexibility index (Phi) is 3.86. The van der Waals surface area contributed by atoms with Crippen LogP contribution in [0.15, 0.2) is 46.0 Å². The summed E-state index contributed by atoms with van der Waals surface area (Å²) >= 11 is 3.22. The summed E-state index contributed by atoms with van der Waals surface area (Å²) in [5.74, 6) is -0.810. The number of benzene rings is 1. The minimum Gasteiger partial charge on any atom is -0.398 e. The molecule has 1 aromatic heterocycles. The Morgan fingerprint density at radius 2 is 2.00 bits per heavy atom. The van der Waals surface area contributed by atoms with Crippen molar-refractivity contribution in [3.8, 4) is 0 Å². The molecule has 0 aliphatic rings. The maximum atomic E-state index is 12.9. The number of aromatic nitrogens is 1. The van der Waals surface area contributed by atoms with Crippen molar-refractivity contribution < 1.29 is 12.8 Å². The van der Waals surface area contributed by atoms with Crippen molar-refractivity contribution >= 4 is 31.5 Å². The lowest BCUT2D eigenvalue weighted by Crippen LogP contribution is -2.08. The third kappa shape index (κ3) is 3.30. The highest BCUT2D eigenvalue weighted by Crippen LogP contribution is 2.23. The Morgan fingerprint density at radius 1 is 1.26 bits per heavy atom. The molecule has 0 spiro atoms. The summed E-state index contributed by atoms with van der Waals surface area (Å²) < 4.78 is 38.0. The number of rotatable bonds is 3. The van der Waals surface area contributed by atoms with Crippen LogP contribution in [0.1, 0.15) is 5.56 Å². The van der Waals surface area contributed by atoms with E-state index in [0.29, 0.717) is 10.0 Å². The quantitative estimate of drug-likeness (QED) is 0.685. The van der Waals surface area contributed by atoms with Crippen molar-refractivity contribution in [3.05, 3.63) is 52.5 Å². The lowest BCUT2D eigenvalue weighted by Gasteiger charge is -2.07. The Bertz CT molecular complexity index is 719. The van der Waals surface area contributed by atoms with Crippen LogP contribution >= 0.6 is 15.9 Å². The molecule has 2 rings (SSSR count). The summed E-state index contributed by atoms with van der Waals surface area (Å²) in [7, 11) is -3.63. The van der Waals surface area contributed by atoms with Gasteiger partial charge < -0.3 is 5.73 Å². The molecule has 19 heavy (non-hydrogen) atoms. The van der Waals surface area contributed by atoms with Crippen LogP contribution in [0.25, 0.3) is 0 Å². The van der Waals surface area contributed by atoms with E-state index in [-0.39, 0.29) is 16.3 Å². The lowest BCUT2D eigenvalue weighted by molar-refractivity contribution is 0.594. The molecule has 2 aromatic rings. The average molecular weight is 345 g/mol. The molecule has 0 aliphatic heterocycles. The molecule has 0 fully saturated rings. The predicted octanol–water partition coefficient (Wildman–Crippen LogP) is 2.54. The number of hydrogen-bond acceptors (Lipinski definition) is 4. The molecule has 7 heteroatoms. The minimum absolute atomic E-state index is 0.0751. The van der Waals surface area contributed by atoms with Gasteiger partial charge in [-0.2, -0.15) is 0 Å². The van der Waals surface area contributed by atoms with E-state index < -0.39 is 15.7 Å². The molecule has 0 saturated heterocycles. The number of hydrogen-bond donors (Lipinski definition) is 1. The molecule has 0 saturated carbocycles. The summed E-state index contributed by atoms with van der Waals surface area (Å²) in [6.07, 6.45) is 3.02. The van der Waals surface area contributed by atoms with Crippen molar-refractivity contribution in [1.29, 1.82) is 0 Å². The van der Waals surface area contributed by atoms with E-state index in [4.69, 9.17) is 5.73 Å². The molecule has 0 radical (unpaired) electrons. The van der Waals surface area contributed by atoms with Crippen molar-refractivity contribution in [3.63, 3.8) is 0 Å². The van der Waals surface area contributed by atoms with Crippen molar-refractivity contribution in [2.24, 2.45) is 0 Å². The van der Waals surface area contributed by atoms with E-state index in [1.54, 1.807) is 12.3 Å². The van der Waals surface area contributed by atoms with Crippen LogP contribution in [0.4, 0.5) is 10.1 Å². The predicted molar refractivity (Wildman–Crippen MR) is 73.6 cm³/mol. The molecule has 0 aliphatic carbocycles. The molecule has 1 heterocycles. The van der Waals surface area contributed by atoms with Gasteiger partial charge in [0.1, 0.15) is 5.82 Å². The Morgan fingerprint density at radius 3 is 2.63 bits per heavy atom. The van der Waals surface area contributed by atoms with Crippen LogP contribution in [0, 0.1) is 5.82 Å². The molecule has 2 N–H and O–H groups in total. The Labute approximate surface area is 118 Å².